The van der Waals surface area contributed by atoms with E-state index in [-0.39, 0.29) is 23.3 Å². The highest BCUT2D eigenvalue weighted by Crippen LogP contribution is 2.23. The lowest BCUT2D eigenvalue weighted by Crippen LogP contribution is -2.29. The molecule has 1 fully saturated rings. The maximum Gasteiger partial charge on any atom is 0.341 e. The lowest BCUT2D eigenvalue weighted by atomic mass is 10.1. The second kappa shape index (κ2) is 7.18. The Morgan fingerprint density at radius 2 is 2.12 bits per heavy atom. The van der Waals surface area contributed by atoms with Gasteiger partial charge in [0.05, 0.1) is 12.8 Å². The van der Waals surface area contributed by atoms with Crippen LogP contribution in [0.5, 0.6) is 5.75 Å². The van der Waals surface area contributed by atoms with Crippen molar-refractivity contribution in [2.24, 2.45) is 0 Å². The molecule has 25 heavy (non-hydrogen) atoms. The van der Waals surface area contributed by atoms with Crippen molar-refractivity contribution in [3.05, 3.63) is 59.7 Å². The number of furan rings is 1. The van der Waals surface area contributed by atoms with Crippen LogP contribution in [0.1, 0.15) is 11.3 Å². The van der Waals surface area contributed by atoms with Crippen molar-refractivity contribution in [2.75, 3.05) is 6.61 Å². The van der Waals surface area contributed by atoms with Gasteiger partial charge in [-0.3, -0.25) is 9.69 Å². The van der Waals surface area contributed by atoms with Gasteiger partial charge in [-0.05, 0) is 36.5 Å². The number of benzene rings is 1. The number of thiocarbonyl (C=S) groups is 1. The summed E-state index contributed by atoms with van der Waals surface area (Å²) in [7, 11) is 0. The van der Waals surface area contributed by atoms with Crippen LogP contribution in [0.15, 0.2) is 52.8 Å². The molecule has 0 aliphatic carbocycles. The van der Waals surface area contributed by atoms with Gasteiger partial charge in [0.15, 0.2) is 11.7 Å². The first-order valence-corrected chi connectivity index (χ1v) is 7.76. The van der Waals surface area contributed by atoms with Gasteiger partial charge in [-0.25, -0.2) is 4.79 Å². The minimum Gasteiger partial charge on any atom is -0.481 e. The molecule has 8 heteroatoms. The molecule has 0 atom stereocenters. The molecule has 1 aliphatic rings. The van der Waals surface area contributed by atoms with Crippen LogP contribution >= 0.6 is 12.2 Å². The van der Waals surface area contributed by atoms with Gasteiger partial charge in [0.2, 0.25) is 0 Å². The predicted octanol–water partition coefficient (Wildman–Crippen LogP) is 2.00. The normalized spacial score (nSPS) is 15.5. The van der Waals surface area contributed by atoms with E-state index in [0.717, 1.165) is 0 Å². The van der Waals surface area contributed by atoms with Crippen LogP contribution in [0.25, 0.3) is 6.08 Å². The average Bonchev–Trinajstić information content (AvgIpc) is 3.18. The van der Waals surface area contributed by atoms with Crippen LogP contribution in [0.2, 0.25) is 0 Å². The van der Waals surface area contributed by atoms with E-state index in [4.69, 9.17) is 26.5 Å². The molecule has 2 aromatic rings. The number of hydrogen-bond donors (Lipinski definition) is 2. The molecule has 2 heterocycles. The maximum atomic E-state index is 12.6. The molecule has 0 bridgehead atoms. The van der Waals surface area contributed by atoms with Gasteiger partial charge in [0, 0.05) is 5.56 Å². The first-order valence-electron chi connectivity index (χ1n) is 7.35. The highest BCUT2D eigenvalue weighted by molar-refractivity contribution is 7.80. The van der Waals surface area contributed by atoms with E-state index in [1.807, 2.05) is 0 Å². The van der Waals surface area contributed by atoms with Crippen molar-refractivity contribution in [1.29, 1.82) is 0 Å². The van der Waals surface area contributed by atoms with E-state index < -0.39 is 12.6 Å². The van der Waals surface area contributed by atoms with Crippen LogP contribution in [0, 0.1) is 0 Å². The van der Waals surface area contributed by atoms with E-state index in [2.05, 4.69) is 5.32 Å². The molecule has 2 N–H and O–H groups in total. The van der Waals surface area contributed by atoms with Crippen LogP contribution in [0.3, 0.4) is 0 Å². The number of carboxylic acids is 1. The Labute approximate surface area is 148 Å². The number of nitrogens with zero attached hydrogens (tertiary/aromatic N) is 1. The van der Waals surface area contributed by atoms with Crippen LogP contribution < -0.4 is 10.1 Å². The summed E-state index contributed by atoms with van der Waals surface area (Å²) in [6.45, 7) is -0.239. The van der Waals surface area contributed by atoms with Crippen molar-refractivity contribution < 1.29 is 23.8 Å². The smallest absolute Gasteiger partial charge is 0.341 e. The van der Waals surface area contributed by atoms with E-state index in [9.17, 15) is 9.59 Å². The number of carbonyl (C=O) groups is 2. The lowest BCUT2D eigenvalue weighted by Gasteiger charge is -2.11. The van der Waals surface area contributed by atoms with Gasteiger partial charge in [0.1, 0.15) is 17.2 Å². The fourth-order valence-corrected chi connectivity index (χ4v) is 2.56. The molecule has 1 aromatic heterocycles. The van der Waals surface area contributed by atoms with Gasteiger partial charge >= 0.3 is 5.97 Å². The third-order valence-electron chi connectivity index (χ3n) is 3.43. The molecule has 1 saturated heterocycles. The monoisotopic (exact) mass is 358 g/mol. The standard InChI is InChI=1S/C17H14N2O5S/c20-15(21)10-24-14-6-2-1-4-11(14)8-13-16(22)19(17(25)18-13)9-12-5-3-7-23-12/h1-8H,9-10H2,(H,18,25)(H,20,21)/b13-8-. The zero-order chi connectivity index (χ0) is 17.8. The van der Waals surface area contributed by atoms with Crippen molar-refractivity contribution in [1.82, 2.24) is 10.2 Å². The Hall–Kier alpha value is -3.13. The molecule has 128 valence electrons. The van der Waals surface area contributed by atoms with E-state index in [0.29, 0.717) is 17.1 Å². The zero-order valence-corrected chi connectivity index (χ0v) is 13.8. The minimum atomic E-state index is -1.08. The summed E-state index contributed by atoms with van der Waals surface area (Å²) in [6, 6.07) is 10.3. The van der Waals surface area contributed by atoms with Crippen LogP contribution in [0.4, 0.5) is 0 Å². The Balaban J connectivity index is 1.81. The van der Waals surface area contributed by atoms with Crippen molar-refractivity contribution in [3.8, 4) is 5.75 Å². The number of nitrogens with one attached hydrogen (secondary N) is 1. The van der Waals surface area contributed by atoms with Gasteiger partial charge < -0.3 is 19.6 Å². The molecule has 1 aromatic carbocycles. The topological polar surface area (TPSA) is 92.0 Å². The first kappa shape index (κ1) is 16.7. The quantitative estimate of drug-likeness (QED) is 0.603. The molecule has 0 unspecified atom stereocenters. The Bertz CT molecular complexity index is 844. The highest BCUT2D eigenvalue weighted by Gasteiger charge is 2.31. The summed E-state index contributed by atoms with van der Waals surface area (Å²) in [5, 5.41) is 11.9. The van der Waals surface area contributed by atoms with E-state index in [1.165, 1.54) is 11.2 Å². The SMILES string of the molecule is O=C(O)COc1ccccc1/C=C1\NC(=S)N(Cc2ccco2)C1=O. The molecule has 3 rings (SSSR count). The molecular formula is C17H14N2O5S. The fraction of sp³-hybridized carbons (Fsp3) is 0.118. The summed E-state index contributed by atoms with van der Waals surface area (Å²) < 4.78 is 10.5. The number of amides is 1. The largest absolute Gasteiger partial charge is 0.481 e. The van der Waals surface area contributed by atoms with Crippen molar-refractivity contribution in [2.45, 2.75) is 6.54 Å². The van der Waals surface area contributed by atoms with Crippen molar-refractivity contribution >= 4 is 35.3 Å². The van der Waals surface area contributed by atoms with Crippen LogP contribution in [-0.2, 0) is 16.1 Å². The number of carbonyl (C=O) groups excluding carboxylic acids is 1. The predicted molar refractivity (Wildman–Crippen MR) is 92.5 cm³/mol. The number of rotatable bonds is 6. The molecule has 7 nitrogen and oxygen atoms in total. The van der Waals surface area contributed by atoms with Crippen LogP contribution in [-0.4, -0.2) is 33.6 Å². The zero-order valence-electron chi connectivity index (χ0n) is 13.0. The summed E-state index contributed by atoms with van der Waals surface area (Å²) >= 11 is 5.20. The number of ether oxygens (including phenoxy) is 1. The van der Waals surface area contributed by atoms with Gasteiger partial charge in [-0.2, -0.15) is 0 Å². The third-order valence-corrected chi connectivity index (χ3v) is 3.75. The summed E-state index contributed by atoms with van der Waals surface area (Å²) in [6.07, 6.45) is 3.10. The van der Waals surface area contributed by atoms with Gasteiger partial charge in [0.25, 0.3) is 5.91 Å². The number of para-hydroxylation sites is 1. The van der Waals surface area contributed by atoms with Crippen molar-refractivity contribution in [3.63, 3.8) is 0 Å². The molecule has 0 radical (unpaired) electrons. The maximum absolute atomic E-state index is 12.6. The van der Waals surface area contributed by atoms with E-state index in [1.54, 1.807) is 42.5 Å². The summed E-state index contributed by atoms with van der Waals surface area (Å²) in [5.41, 5.74) is 0.852. The van der Waals surface area contributed by atoms with E-state index >= 15 is 0 Å². The number of hydrogen-bond acceptors (Lipinski definition) is 5. The first-order chi connectivity index (χ1) is 12.0. The second-order valence-electron chi connectivity index (χ2n) is 5.18. The number of carboxylic acid groups (broad SMARTS) is 1. The molecule has 1 aliphatic heterocycles. The van der Waals surface area contributed by atoms with Gasteiger partial charge in [-0.15, -0.1) is 0 Å². The number of aliphatic carboxylic acids is 1. The molecule has 0 spiro atoms. The minimum absolute atomic E-state index is 0.228. The second-order valence-corrected chi connectivity index (χ2v) is 5.57. The summed E-state index contributed by atoms with van der Waals surface area (Å²) in [4.78, 5) is 24.6. The summed E-state index contributed by atoms with van der Waals surface area (Å²) in [5.74, 6) is -0.399. The molecule has 0 saturated carbocycles. The van der Waals surface area contributed by atoms with Gasteiger partial charge in [-0.1, -0.05) is 18.2 Å². The fourth-order valence-electron chi connectivity index (χ4n) is 2.30. The Morgan fingerprint density at radius 1 is 1.32 bits per heavy atom. The Kier molecular flexibility index (Phi) is 4.80. The average molecular weight is 358 g/mol. The molecule has 1 amide bonds. The third kappa shape index (κ3) is 3.86. The molecular weight excluding hydrogens is 344 g/mol. The highest BCUT2D eigenvalue weighted by atomic mass is 32.1. The Morgan fingerprint density at radius 3 is 2.84 bits per heavy atom. The lowest BCUT2D eigenvalue weighted by molar-refractivity contribution is -0.139.